The van der Waals surface area contributed by atoms with E-state index in [1.54, 1.807) is 0 Å². The van der Waals surface area contributed by atoms with Crippen molar-refractivity contribution in [2.75, 3.05) is 13.1 Å². The average molecular weight is 326 g/mol. The first-order valence-electron chi connectivity index (χ1n) is 9.77. The summed E-state index contributed by atoms with van der Waals surface area (Å²) in [6, 6.07) is 10.6. The van der Waals surface area contributed by atoms with Gasteiger partial charge in [0.2, 0.25) is 5.91 Å². The molecule has 3 nitrogen and oxygen atoms in total. The summed E-state index contributed by atoms with van der Waals surface area (Å²) in [5, 5.41) is 6.93. The molecule has 130 valence electrons. The van der Waals surface area contributed by atoms with E-state index >= 15 is 0 Å². The summed E-state index contributed by atoms with van der Waals surface area (Å²) in [5.41, 5.74) is 1.64. The van der Waals surface area contributed by atoms with Crippen molar-refractivity contribution in [3.63, 3.8) is 0 Å². The van der Waals surface area contributed by atoms with Gasteiger partial charge in [-0.05, 0) is 50.1 Å². The predicted molar refractivity (Wildman–Crippen MR) is 96.7 cm³/mol. The molecule has 0 radical (unpaired) electrons. The van der Waals surface area contributed by atoms with Gasteiger partial charge in [0.25, 0.3) is 0 Å². The molecule has 0 unspecified atom stereocenters. The van der Waals surface area contributed by atoms with Crippen LogP contribution in [0.4, 0.5) is 0 Å². The van der Waals surface area contributed by atoms with E-state index in [0.717, 1.165) is 44.7 Å². The molecule has 0 aliphatic heterocycles. The fourth-order valence-electron chi connectivity index (χ4n) is 5.21. The molecule has 1 amide bonds. The molecule has 4 fully saturated rings. The molecule has 0 saturated heterocycles. The summed E-state index contributed by atoms with van der Waals surface area (Å²) in [4.78, 5) is 12.5. The molecule has 1 aromatic carbocycles. The first-order chi connectivity index (χ1) is 11.7. The second kappa shape index (κ2) is 6.51. The quantitative estimate of drug-likeness (QED) is 0.768. The minimum absolute atomic E-state index is 0.0184. The Morgan fingerprint density at radius 2 is 1.75 bits per heavy atom. The molecular formula is C21H30N2O. The van der Waals surface area contributed by atoms with E-state index in [4.69, 9.17) is 0 Å². The van der Waals surface area contributed by atoms with Gasteiger partial charge in [0, 0.05) is 12.1 Å². The summed E-state index contributed by atoms with van der Waals surface area (Å²) in [6.45, 7) is 1.91. The van der Waals surface area contributed by atoms with Crippen LogP contribution in [0.5, 0.6) is 0 Å². The Labute approximate surface area is 145 Å². The monoisotopic (exact) mass is 326 g/mol. The largest absolute Gasteiger partial charge is 0.356 e. The molecule has 24 heavy (non-hydrogen) atoms. The zero-order chi connectivity index (χ0) is 16.5. The summed E-state index contributed by atoms with van der Waals surface area (Å²) in [5.74, 6) is 1.19. The Hall–Kier alpha value is -1.35. The smallest absolute Gasteiger partial charge is 0.226 e. The van der Waals surface area contributed by atoms with E-state index in [1.807, 2.05) is 0 Å². The highest BCUT2D eigenvalue weighted by Crippen LogP contribution is 2.67. The fraction of sp³-hybridized carbons (Fsp3) is 0.667. The van der Waals surface area contributed by atoms with Crippen molar-refractivity contribution in [3.8, 4) is 0 Å². The Morgan fingerprint density at radius 3 is 2.46 bits per heavy atom. The lowest BCUT2D eigenvalue weighted by Crippen LogP contribution is -2.77. The number of rotatable bonds is 8. The van der Waals surface area contributed by atoms with Gasteiger partial charge in [0.1, 0.15) is 0 Å². The molecule has 2 bridgehead atoms. The van der Waals surface area contributed by atoms with Crippen LogP contribution in [0.25, 0.3) is 0 Å². The van der Waals surface area contributed by atoms with Gasteiger partial charge >= 0.3 is 0 Å². The molecular weight excluding hydrogens is 296 g/mol. The van der Waals surface area contributed by atoms with Gasteiger partial charge in [-0.15, -0.1) is 0 Å². The molecule has 2 N–H and O–H groups in total. The van der Waals surface area contributed by atoms with Gasteiger partial charge in [0.15, 0.2) is 0 Å². The number of benzene rings is 1. The number of carbonyl (C=O) groups is 1. The second-order valence-electron chi connectivity index (χ2n) is 8.45. The molecule has 4 saturated carbocycles. The zero-order valence-electron chi connectivity index (χ0n) is 14.7. The van der Waals surface area contributed by atoms with Gasteiger partial charge in [0.05, 0.1) is 5.41 Å². The van der Waals surface area contributed by atoms with E-state index in [0.29, 0.717) is 5.91 Å². The summed E-state index contributed by atoms with van der Waals surface area (Å²) >= 11 is 0. The Bertz CT molecular complexity index is 557. The van der Waals surface area contributed by atoms with Crippen molar-refractivity contribution in [3.05, 3.63) is 35.9 Å². The van der Waals surface area contributed by atoms with Crippen molar-refractivity contribution < 1.29 is 4.79 Å². The first-order valence-corrected chi connectivity index (χ1v) is 9.77. The van der Waals surface area contributed by atoms with Crippen LogP contribution >= 0.6 is 0 Å². The maximum absolute atomic E-state index is 12.5. The molecule has 0 aromatic heterocycles. The topological polar surface area (TPSA) is 41.1 Å². The van der Waals surface area contributed by atoms with E-state index in [1.165, 1.54) is 37.7 Å². The third-order valence-corrected chi connectivity index (χ3v) is 6.58. The average Bonchev–Trinajstić information content (AvgIpc) is 3.02. The Morgan fingerprint density at radius 1 is 1.04 bits per heavy atom. The maximum atomic E-state index is 12.5. The van der Waals surface area contributed by atoms with Crippen LogP contribution in [-0.2, 0) is 11.2 Å². The molecule has 0 heterocycles. The van der Waals surface area contributed by atoms with Crippen molar-refractivity contribution in [2.45, 2.75) is 63.3 Å². The van der Waals surface area contributed by atoms with Gasteiger partial charge in [-0.2, -0.15) is 0 Å². The van der Waals surface area contributed by atoms with Crippen molar-refractivity contribution in [1.29, 1.82) is 0 Å². The number of carbonyl (C=O) groups excluding carboxylic acids is 1. The third-order valence-electron chi connectivity index (χ3n) is 6.58. The number of hydrogen-bond donors (Lipinski definition) is 2. The van der Waals surface area contributed by atoms with Crippen LogP contribution in [0.2, 0.25) is 0 Å². The van der Waals surface area contributed by atoms with E-state index in [2.05, 4.69) is 41.0 Å². The van der Waals surface area contributed by atoms with Crippen LogP contribution in [0.15, 0.2) is 30.3 Å². The Kier molecular flexibility index (Phi) is 4.38. The van der Waals surface area contributed by atoms with Crippen LogP contribution in [0.3, 0.4) is 0 Å². The van der Waals surface area contributed by atoms with Gasteiger partial charge in [-0.3, -0.25) is 4.79 Å². The Balaban J connectivity index is 1.14. The van der Waals surface area contributed by atoms with Crippen molar-refractivity contribution in [1.82, 2.24) is 10.6 Å². The highest BCUT2D eigenvalue weighted by molar-refractivity contribution is 5.87. The van der Waals surface area contributed by atoms with Crippen LogP contribution in [-0.4, -0.2) is 24.5 Å². The third kappa shape index (κ3) is 3.11. The molecule has 5 rings (SSSR count). The summed E-state index contributed by atoms with van der Waals surface area (Å²) < 4.78 is 0. The van der Waals surface area contributed by atoms with Crippen molar-refractivity contribution >= 4 is 5.91 Å². The predicted octanol–water partition coefficient (Wildman–Crippen LogP) is 3.44. The molecule has 0 atom stereocenters. The number of hydrogen-bond acceptors (Lipinski definition) is 2. The molecule has 4 aliphatic carbocycles. The number of nitrogens with one attached hydrogen (secondary N) is 2. The van der Waals surface area contributed by atoms with Crippen LogP contribution in [0.1, 0.15) is 56.9 Å². The fourth-order valence-corrected chi connectivity index (χ4v) is 5.21. The van der Waals surface area contributed by atoms with Gasteiger partial charge < -0.3 is 10.6 Å². The molecule has 0 spiro atoms. The van der Waals surface area contributed by atoms with Gasteiger partial charge in [-0.1, -0.05) is 56.0 Å². The second-order valence-corrected chi connectivity index (χ2v) is 8.45. The minimum Gasteiger partial charge on any atom is -0.356 e. The molecule has 1 aromatic rings. The van der Waals surface area contributed by atoms with E-state index in [9.17, 15) is 4.79 Å². The van der Waals surface area contributed by atoms with Crippen LogP contribution in [0, 0.1) is 11.3 Å². The molecule has 4 aliphatic rings. The van der Waals surface area contributed by atoms with E-state index in [-0.39, 0.29) is 11.0 Å². The lowest BCUT2D eigenvalue weighted by atomic mass is 9.39. The van der Waals surface area contributed by atoms with Crippen LogP contribution < -0.4 is 10.6 Å². The lowest BCUT2D eigenvalue weighted by Gasteiger charge is -2.69. The summed E-state index contributed by atoms with van der Waals surface area (Å²) in [7, 11) is 0. The molecule has 3 heteroatoms. The SMILES string of the molecule is O=C(NCCC1CCCC1)C12CC(NCCc3ccccc3)(C1)C2. The summed E-state index contributed by atoms with van der Waals surface area (Å²) in [6.07, 6.45) is 10.9. The lowest BCUT2D eigenvalue weighted by molar-refractivity contribution is -0.180. The minimum atomic E-state index is -0.0184. The zero-order valence-corrected chi connectivity index (χ0v) is 14.7. The van der Waals surface area contributed by atoms with E-state index < -0.39 is 0 Å². The first kappa shape index (κ1) is 16.1. The highest BCUT2D eigenvalue weighted by Gasteiger charge is 2.71. The maximum Gasteiger partial charge on any atom is 0.226 e. The number of amides is 1. The van der Waals surface area contributed by atoms with Crippen molar-refractivity contribution in [2.24, 2.45) is 11.3 Å². The standard InChI is InChI=1S/C21H30N2O/c24-19(22-12-10-17-8-4-5-9-17)20-14-21(15-20,16-20)23-13-11-18-6-2-1-3-7-18/h1-3,6-7,17,23H,4-5,8-16H2,(H,22,24). The highest BCUT2D eigenvalue weighted by atomic mass is 16.2. The van der Waals surface area contributed by atoms with Gasteiger partial charge in [-0.25, -0.2) is 0 Å². The normalized spacial score (nSPS) is 31.3.